The fourth-order valence-electron chi connectivity index (χ4n) is 4.38. The van der Waals surface area contributed by atoms with Gasteiger partial charge in [-0.25, -0.2) is 4.79 Å². The molecule has 8 heteroatoms. The van der Waals surface area contributed by atoms with E-state index < -0.39 is 6.09 Å². The maximum atomic E-state index is 11.7. The van der Waals surface area contributed by atoms with Crippen LogP contribution < -0.4 is 15.8 Å². The summed E-state index contributed by atoms with van der Waals surface area (Å²) in [5.41, 5.74) is 11.0. The average molecular weight is 467 g/mol. The van der Waals surface area contributed by atoms with Gasteiger partial charge in [-0.05, 0) is 44.5 Å². The molecule has 1 amide bonds. The number of rotatable bonds is 9. The highest BCUT2D eigenvalue weighted by atomic mass is 16.5. The molecule has 0 bridgehead atoms. The first kappa shape index (κ1) is 23.9. The maximum absolute atomic E-state index is 11.7. The average Bonchev–Trinajstić information content (AvgIpc) is 3.14. The zero-order valence-corrected chi connectivity index (χ0v) is 20.0. The Hall–Kier alpha value is -3.23. The minimum absolute atomic E-state index is 0.330. The van der Waals surface area contributed by atoms with E-state index in [0.717, 1.165) is 79.4 Å². The third-order valence-electron chi connectivity index (χ3n) is 6.06. The van der Waals surface area contributed by atoms with E-state index in [-0.39, 0.29) is 0 Å². The van der Waals surface area contributed by atoms with Crippen LogP contribution in [0.1, 0.15) is 20.3 Å². The van der Waals surface area contributed by atoms with E-state index in [0.29, 0.717) is 18.9 Å². The van der Waals surface area contributed by atoms with Gasteiger partial charge in [-0.15, -0.1) is 0 Å². The Balaban J connectivity index is 1.48. The quantitative estimate of drug-likeness (QED) is 0.449. The number of nitrogens with zero attached hydrogens (tertiary/aromatic N) is 2. The van der Waals surface area contributed by atoms with Gasteiger partial charge in [-0.2, -0.15) is 0 Å². The maximum Gasteiger partial charge on any atom is 0.411 e. The smallest absolute Gasteiger partial charge is 0.411 e. The van der Waals surface area contributed by atoms with Crippen LogP contribution in [-0.2, 0) is 16.0 Å². The van der Waals surface area contributed by atoms with Crippen LogP contribution >= 0.6 is 0 Å². The van der Waals surface area contributed by atoms with Crippen molar-refractivity contribution in [3.05, 3.63) is 42.5 Å². The molecule has 182 valence electrons. The van der Waals surface area contributed by atoms with Crippen molar-refractivity contribution in [2.75, 3.05) is 57.1 Å². The molecule has 1 aromatic heterocycles. The van der Waals surface area contributed by atoms with Gasteiger partial charge >= 0.3 is 6.09 Å². The third kappa shape index (κ3) is 5.46. The van der Waals surface area contributed by atoms with Crippen molar-refractivity contribution in [2.45, 2.75) is 26.8 Å². The van der Waals surface area contributed by atoms with E-state index in [1.54, 1.807) is 6.92 Å². The molecule has 2 aromatic carbocycles. The van der Waals surface area contributed by atoms with Gasteiger partial charge < -0.3 is 24.5 Å². The zero-order valence-electron chi connectivity index (χ0n) is 20.0. The Morgan fingerprint density at radius 2 is 1.88 bits per heavy atom. The number of nitrogen functional groups attached to an aromatic ring is 1. The summed E-state index contributed by atoms with van der Waals surface area (Å²) in [5.74, 6) is 0.849. The van der Waals surface area contributed by atoms with Gasteiger partial charge in [-0.1, -0.05) is 12.1 Å². The number of hydrogen-bond acceptors (Lipinski definition) is 6. The van der Waals surface area contributed by atoms with Crippen molar-refractivity contribution in [3.8, 4) is 17.0 Å². The fourth-order valence-corrected chi connectivity index (χ4v) is 4.38. The summed E-state index contributed by atoms with van der Waals surface area (Å²) in [6.07, 6.45) is 0.516. The van der Waals surface area contributed by atoms with Crippen molar-refractivity contribution in [1.82, 2.24) is 9.47 Å². The second kappa shape index (κ2) is 11.3. The number of nitrogens with two attached hydrogens (primary N) is 1. The number of hydrogen-bond donors (Lipinski definition) is 2. The first-order valence-corrected chi connectivity index (χ1v) is 12.0. The number of aromatic nitrogens is 1. The van der Waals surface area contributed by atoms with Crippen LogP contribution in [0.4, 0.5) is 16.2 Å². The molecule has 8 nitrogen and oxygen atoms in total. The SMILES string of the molecule is CCOC(=O)Nc1ccc(-c2c(N)c3ccc(OCCCN4CCOCC4)cc3n2CC)cc1. The monoisotopic (exact) mass is 466 g/mol. The van der Waals surface area contributed by atoms with Crippen LogP contribution in [0.15, 0.2) is 42.5 Å². The molecule has 0 spiro atoms. The molecule has 0 unspecified atom stereocenters. The largest absolute Gasteiger partial charge is 0.493 e. The molecule has 1 saturated heterocycles. The lowest BCUT2D eigenvalue weighted by molar-refractivity contribution is 0.0358. The number of carbonyl (C=O) groups excluding carboxylic acids is 1. The summed E-state index contributed by atoms with van der Waals surface area (Å²) >= 11 is 0. The molecule has 4 rings (SSSR count). The van der Waals surface area contributed by atoms with E-state index in [9.17, 15) is 4.79 Å². The van der Waals surface area contributed by atoms with Gasteiger partial charge in [0.1, 0.15) is 5.75 Å². The molecule has 0 radical (unpaired) electrons. The van der Waals surface area contributed by atoms with Crippen molar-refractivity contribution in [3.63, 3.8) is 0 Å². The first-order valence-electron chi connectivity index (χ1n) is 12.0. The highest BCUT2D eigenvalue weighted by molar-refractivity contribution is 6.01. The molecule has 0 atom stereocenters. The Morgan fingerprint density at radius 3 is 2.59 bits per heavy atom. The molecular formula is C26H34N4O4. The molecule has 1 fully saturated rings. The number of amides is 1. The van der Waals surface area contributed by atoms with Crippen LogP contribution in [0.3, 0.4) is 0 Å². The van der Waals surface area contributed by atoms with Crippen LogP contribution in [-0.4, -0.2) is 61.6 Å². The van der Waals surface area contributed by atoms with Crippen molar-refractivity contribution in [2.24, 2.45) is 0 Å². The number of fused-ring (bicyclic) bond motifs is 1. The molecular weight excluding hydrogens is 432 g/mol. The number of carbonyl (C=O) groups is 1. The predicted octanol–water partition coefficient (Wildman–Crippen LogP) is 4.58. The zero-order chi connectivity index (χ0) is 23.9. The van der Waals surface area contributed by atoms with Gasteiger partial charge in [0.2, 0.25) is 0 Å². The number of nitrogens with one attached hydrogen (secondary N) is 1. The van der Waals surface area contributed by atoms with Gasteiger partial charge in [0.05, 0.1) is 43.3 Å². The topological polar surface area (TPSA) is 91.0 Å². The Bertz CT molecular complexity index is 1100. The summed E-state index contributed by atoms with van der Waals surface area (Å²) < 4.78 is 18.6. The molecule has 3 N–H and O–H groups in total. The summed E-state index contributed by atoms with van der Waals surface area (Å²) in [7, 11) is 0. The number of anilines is 2. The highest BCUT2D eigenvalue weighted by Crippen LogP contribution is 2.38. The van der Waals surface area contributed by atoms with Gasteiger partial charge in [0.15, 0.2) is 0 Å². The normalized spacial score (nSPS) is 14.3. The van der Waals surface area contributed by atoms with E-state index >= 15 is 0 Å². The number of ether oxygens (including phenoxy) is 3. The number of morpholine rings is 1. The Morgan fingerprint density at radius 1 is 1.12 bits per heavy atom. The van der Waals surface area contributed by atoms with Gasteiger partial charge in [0.25, 0.3) is 0 Å². The van der Waals surface area contributed by atoms with E-state index in [2.05, 4.69) is 27.8 Å². The van der Waals surface area contributed by atoms with Gasteiger partial charge in [0, 0.05) is 48.9 Å². The predicted molar refractivity (Wildman–Crippen MR) is 135 cm³/mol. The second-order valence-electron chi connectivity index (χ2n) is 8.26. The Labute approximate surface area is 200 Å². The van der Waals surface area contributed by atoms with Crippen LogP contribution in [0.25, 0.3) is 22.2 Å². The molecule has 1 aliphatic heterocycles. The van der Waals surface area contributed by atoms with E-state index in [4.69, 9.17) is 19.9 Å². The fraction of sp³-hybridized carbons (Fsp3) is 0.423. The summed E-state index contributed by atoms with van der Waals surface area (Å²) in [6, 6.07) is 13.7. The standard InChI is InChI=1S/C26H34N4O4/c1-3-30-23-18-21(34-15-5-12-29-13-16-32-17-14-29)10-11-22(23)24(27)25(30)19-6-8-20(9-7-19)28-26(31)33-4-2/h6-11,18H,3-5,12-17,27H2,1-2H3,(H,28,31). The summed E-state index contributed by atoms with van der Waals surface area (Å²) in [6.45, 7) is 10.3. The van der Waals surface area contributed by atoms with Crippen molar-refractivity contribution < 1.29 is 19.0 Å². The molecule has 0 saturated carbocycles. The molecule has 2 heterocycles. The van der Waals surface area contributed by atoms with E-state index in [1.807, 2.05) is 36.4 Å². The minimum Gasteiger partial charge on any atom is -0.493 e. The third-order valence-corrected chi connectivity index (χ3v) is 6.06. The Kier molecular flexibility index (Phi) is 7.92. The molecule has 34 heavy (non-hydrogen) atoms. The van der Waals surface area contributed by atoms with E-state index in [1.165, 1.54) is 0 Å². The minimum atomic E-state index is -0.463. The molecule has 1 aliphatic rings. The number of benzene rings is 2. The van der Waals surface area contributed by atoms with Gasteiger partial charge in [-0.3, -0.25) is 10.2 Å². The van der Waals surface area contributed by atoms with Crippen molar-refractivity contribution in [1.29, 1.82) is 0 Å². The lowest BCUT2D eigenvalue weighted by Crippen LogP contribution is -2.37. The molecule has 3 aromatic rings. The lowest BCUT2D eigenvalue weighted by Gasteiger charge is -2.26. The number of aryl methyl sites for hydroxylation is 1. The summed E-state index contributed by atoms with van der Waals surface area (Å²) in [5, 5.41) is 3.72. The second-order valence-corrected chi connectivity index (χ2v) is 8.26. The first-order chi connectivity index (χ1) is 16.6. The van der Waals surface area contributed by atoms with Crippen LogP contribution in [0.2, 0.25) is 0 Å². The molecule has 0 aliphatic carbocycles. The van der Waals surface area contributed by atoms with Crippen molar-refractivity contribution >= 4 is 28.4 Å². The van der Waals surface area contributed by atoms with Crippen LogP contribution in [0.5, 0.6) is 5.75 Å². The lowest BCUT2D eigenvalue weighted by atomic mass is 10.1. The highest BCUT2D eigenvalue weighted by Gasteiger charge is 2.17. The summed E-state index contributed by atoms with van der Waals surface area (Å²) in [4.78, 5) is 14.1. The van der Waals surface area contributed by atoms with Crippen LogP contribution in [0, 0.1) is 0 Å².